The van der Waals surface area contributed by atoms with Crippen LogP contribution in [0.25, 0.3) is 11.9 Å². The maximum atomic E-state index is 15.6. The van der Waals surface area contributed by atoms with Gasteiger partial charge in [-0.1, -0.05) is 75.1 Å². The summed E-state index contributed by atoms with van der Waals surface area (Å²) in [5.41, 5.74) is -0.699. The standard InChI is InChI=1S/C24H32F2/c1-3-5-8-16-24(20-14-12-18(9-4-2)13-15-20)17-19-10-6-7-11-21(19)22(25)23(24)26/h3,5-7,10-11,17-18,20,23H,4,8-9,12-16H2,1-2H3/b5-3+. The molecule has 2 aliphatic rings. The number of alkyl halides is 1. The third-order valence-electron chi connectivity index (χ3n) is 6.62. The Morgan fingerprint density at radius 2 is 1.88 bits per heavy atom. The van der Waals surface area contributed by atoms with Crippen LogP contribution in [0.15, 0.2) is 36.4 Å². The SMILES string of the molecule is C/C=C/CCC1(C2CCC(CCC)CC2)C=c2ccccc2=C(F)C1F. The van der Waals surface area contributed by atoms with Crippen molar-refractivity contribution < 1.29 is 8.78 Å². The van der Waals surface area contributed by atoms with Gasteiger partial charge in [0.25, 0.3) is 0 Å². The molecule has 0 spiro atoms. The molecule has 1 aromatic rings. The number of benzene rings is 1. The minimum Gasteiger partial charge on any atom is -0.239 e. The van der Waals surface area contributed by atoms with E-state index in [0.717, 1.165) is 43.2 Å². The molecule has 0 N–H and O–H groups in total. The first-order chi connectivity index (χ1) is 12.6. The second-order valence-corrected chi connectivity index (χ2v) is 8.17. The highest BCUT2D eigenvalue weighted by Crippen LogP contribution is 2.51. The van der Waals surface area contributed by atoms with Crippen LogP contribution in [0.2, 0.25) is 0 Å². The second kappa shape index (κ2) is 8.50. The van der Waals surface area contributed by atoms with Crippen LogP contribution in [0.5, 0.6) is 0 Å². The van der Waals surface area contributed by atoms with E-state index in [1.165, 1.54) is 12.8 Å². The number of hydrogen-bond acceptors (Lipinski definition) is 0. The number of rotatable bonds is 6. The summed E-state index contributed by atoms with van der Waals surface area (Å²) in [4.78, 5) is 0. The molecule has 1 saturated carbocycles. The molecule has 0 bridgehead atoms. The van der Waals surface area contributed by atoms with E-state index in [4.69, 9.17) is 0 Å². The first-order valence-electron chi connectivity index (χ1n) is 10.3. The number of halogens is 2. The molecule has 0 saturated heterocycles. The third kappa shape index (κ3) is 3.66. The monoisotopic (exact) mass is 358 g/mol. The molecule has 0 heterocycles. The van der Waals surface area contributed by atoms with Crippen molar-refractivity contribution in [3.63, 3.8) is 0 Å². The summed E-state index contributed by atoms with van der Waals surface area (Å²) in [7, 11) is 0. The summed E-state index contributed by atoms with van der Waals surface area (Å²) >= 11 is 0. The van der Waals surface area contributed by atoms with Crippen molar-refractivity contribution in [1.82, 2.24) is 0 Å². The topological polar surface area (TPSA) is 0 Å². The van der Waals surface area contributed by atoms with Gasteiger partial charge in [-0.25, -0.2) is 8.78 Å². The molecule has 1 aromatic carbocycles. The van der Waals surface area contributed by atoms with Crippen LogP contribution in [0.4, 0.5) is 8.78 Å². The Morgan fingerprint density at radius 3 is 2.58 bits per heavy atom. The molecule has 2 unspecified atom stereocenters. The molecule has 0 radical (unpaired) electrons. The summed E-state index contributed by atoms with van der Waals surface area (Å²) in [6, 6.07) is 7.37. The quantitative estimate of drug-likeness (QED) is 0.560. The Balaban J connectivity index is 1.97. The van der Waals surface area contributed by atoms with Gasteiger partial charge in [-0.15, -0.1) is 0 Å². The molecular weight excluding hydrogens is 326 g/mol. The second-order valence-electron chi connectivity index (χ2n) is 8.17. The first kappa shape index (κ1) is 19.3. The fourth-order valence-corrected chi connectivity index (χ4v) is 5.20. The van der Waals surface area contributed by atoms with E-state index >= 15 is 8.78 Å². The van der Waals surface area contributed by atoms with E-state index in [0.29, 0.717) is 11.6 Å². The van der Waals surface area contributed by atoms with Gasteiger partial charge in [-0.3, -0.25) is 0 Å². The number of hydrogen-bond donors (Lipinski definition) is 0. The number of fused-ring (bicyclic) bond motifs is 1. The molecule has 3 rings (SSSR count). The molecule has 1 fully saturated rings. The average Bonchev–Trinajstić information content (AvgIpc) is 2.67. The normalized spacial score (nSPS) is 31.7. The van der Waals surface area contributed by atoms with E-state index in [1.54, 1.807) is 12.1 Å². The maximum Gasteiger partial charge on any atom is 0.161 e. The van der Waals surface area contributed by atoms with Crippen LogP contribution in [0.1, 0.15) is 65.2 Å². The van der Waals surface area contributed by atoms with Crippen LogP contribution >= 0.6 is 0 Å². The van der Waals surface area contributed by atoms with Crippen LogP contribution in [0.3, 0.4) is 0 Å². The van der Waals surface area contributed by atoms with Gasteiger partial charge in [0.2, 0.25) is 0 Å². The lowest BCUT2D eigenvalue weighted by Crippen LogP contribution is -2.48. The van der Waals surface area contributed by atoms with Crippen LogP contribution in [0, 0.1) is 17.3 Å². The van der Waals surface area contributed by atoms with Crippen molar-refractivity contribution in [3.8, 4) is 0 Å². The van der Waals surface area contributed by atoms with Gasteiger partial charge in [0.15, 0.2) is 6.17 Å². The minimum absolute atomic E-state index is 0.231. The van der Waals surface area contributed by atoms with Gasteiger partial charge in [0.1, 0.15) is 5.83 Å². The fourth-order valence-electron chi connectivity index (χ4n) is 5.20. The van der Waals surface area contributed by atoms with E-state index < -0.39 is 17.4 Å². The van der Waals surface area contributed by atoms with E-state index in [2.05, 4.69) is 19.1 Å². The lowest BCUT2D eigenvalue weighted by Gasteiger charge is -2.45. The fraction of sp³-hybridized carbons (Fsp3) is 0.583. The van der Waals surface area contributed by atoms with Gasteiger partial charge in [-0.05, 0) is 49.7 Å². The van der Waals surface area contributed by atoms with Gasteiger partial charge in [0, 0.05) is 10.6 Å². The molecule has 0 amide bonds. The maximum absolute atomic E-state index is 15.6. The Kier molecular flexibility index (Phi) is 6.32. The molecule has 2 atom stereocenters. The Labute approximate surface area is 156 Å². The zero-order chi connectivity index (χ0) is 18.6. The molecule has 142 valence electrons. The summed E-state index contributed by atoms with van der Waals surface area (Å²) in [5, 5.41) is 1.32. The van der Waals surface area contributed by atoms with Crippen molar-refractivity contribution in [2.75, 3.05) is 0 Å². The van der Waals surface area contributed by atoms with E-state index in [-0.39, 0.29) is 5.92 Å². The summed E-state index contributed by atoms with van der Waals surface area (Å²) in [5.74, 6) is 0.445. The highest BCUT2D eigenvalue weighted by Gasteiger charge is 2.48. The van der Waals surface area contributed by atoms with Gasteiger partial charge >= 0.3 is 0 Å². The Morgan fingerprint density at radius 1 is 1.15 bits per heavy atom. The van der Waals surface area contributed by atoms with Crippen molar-refractivity contribution in [2.45, 2.75) is 71.4 Å². The molecule has 0 aromatic heterocycles. The van der Waals surface area contributed by atoms with Crippen LogP contribution in [-0.4, -0.2) is 6.17 Å². The molecule has 0 nitrogen and oxygen atoms in total. The first-order valence-corrected chi connectivity index (χ1v) is 10.3. The van der Waals surface area contributed by atoms with Crippen molar-refractivity contribution in [1.29, 1.82) is 0 Å². The third-order valence-corrected chi connectivity index (χ3v) is 6.62. The number of allylic oxidation sites excluding steroid dienone is 2. The lowest BCUT2D eigenvalue weighted by atomic mass is 9.60. The van der Waals surface area contributed by atoms with E-state index in [1.807, 2.05) is 25.1 Å². The Bertz CT molecular complexity index is 740. The van der Waals surface area contributed by atoms with Crippen molar-refractivity contribution in [3.05, 3.63) is 46.9 Å². The average molecular weight is 359 g/mol. The van der Waals surface area contributed by atoms with Gasteiger partial charge < -0.3 is 0 Å². The summed E-state index contributed by atoms with van der Waals surface area (Å²) < 4.78 is 30.6. The predicted octanol–water partition coefficient (Wildman–Crippen LogP) is 5.85. The lowest BCUT2D eigenvalue weighted by molar-refractivity contribution is 0.0771. The van der Waals surface area contributed by atoms with Crippen molar-refractivity contribution >= 4 is 11.9 Å². The highest BCUT2D eigenvalue weighted by atomic mass is 19.2. The minimum atomic E-state index is -1.52. The molecule has 2 heteroatoms. The highest BCUT2D eigenvalue weighted by molar-refractivity contribution is 5.55. The molecule has 2 aliphatic carbocycles. The largest absolute Gasteiger partial charge is 0.239 e. The summed E-state index contributed by atoms with van der Waals surface area (Å²) in [6.07, 6.45) is 13.0. The molecule has 0 aliphatic heterocycles. The molecular formula is C24H32F2. The smallest absolute Gasteiger partial charge is 0.161 e. The van der Waals surface area contributed by atoms with Crippen LogP contribution in [-0.2, 0) is 0 Å². The zero-order valence-corrected chi connectivity index (χ0v) is 16.2. The van der Waals surface area contributed by atoms with Crippen molar-refractivity contribution in [2.24, 2.45) is 17.3 Å². The molecule has 26 heavy (non-hydrogen) atoms. The summed E-state index contributed by atoms with van der Waals surface area (Å²) in [6.45, 7) is 4.22. The zero-order valence-electron chi connectivity index (χ0n) is 16.2. The van der Waals surface area contributed by atoms with Gasteiger partial charge in [-0.2, -0.15) is 0 Å². The van der Waals surface area contributed by atoms with Gasteiger partial charge in [0.05, 0.1) is 0 Å². The van der Waals surface area contributed by atoms with E-state index in [9.17, 15) is 0 Å². The Hall–Kier alpha value is -1.44. The van der Waals surface area contributed by atoms with Crippen LogP contribution < -0.4 is 10.4 Å². The predicted molar refractivity (Wildman–Crippen MR) is 106 cm³/mol.